The third-order valence-electron chi connectivity index (χ3n) is 4.85. The zero-order chi connectivity index (χ0) is 20.2. The molecule has 0 atom stereocenters. The normalized spacial score (nSPS) is 10.7. The molecule has 0 spiro atoms. The van der Waals surface area contributed by atoms with Crippen molar-refractivity contribution < 1.29 is 19.5 Å². The van der Waals surface area contributed by atoms with E-state index in [1.54, 1.807) is 0 Å². The number of rotatable bonds is 20. The highest BCUT2D eigenvalue weighted by molar-refractivity contribution is 5.82. The fourth-order valence-electron chi connectivity index (χ4n) is 3.21. The van der Waals surface area contributed by atoms with Gasteiger partial charge < -0.3 is 10.4 Å². The minimum atomic E-state index is -0.889. The lowest BCUT2D eigenvalue weighted by molar-refractivity contribution is -0.138. The Hall–Kier alpha value is -1.39. The number of hydrogen-bond acceptors (Lipinski definition) is 3. The molecule has 0 aliphatic heterocycles. The van der Waals surface area contributed by atoms with Gasteiger partial charge in [-0.25, -0.2) is 0 Å². The molecule has 158 valence electrons. The first-order valence-electron chi connectivity index (χ1n) is 11.1. The monoisotopic (exact) mass is 383 g/mol. The molecule has 2 N–H and O–H groups in total. The molecular weight excluding hydrogens is 342 g/mol. The average molecular weight is 384 g/mol. The number of hydrogen-bond donors (Lipinski definition) is 2. The SMILES string of the molecule is CCNC(=O)CCCCCCCCCCCCCCCC(=O)CCC(=O)O. The van der Waals surface area contributed by atoms with E-state index in [0.717, 1.165) is 32.2 Å². The van der Waals surface area contributed by atoms with E-state index in [0.29, 0.717) is 12.8 Å². The first-order valence-corrected chi connectivity index (χ1v) is 11.1. The van der Waals surface area contributed by atoms with Crippen LogP contribution in [0.3, 0.4) is 0 Å². The molecule has 0 radical (unpaired) electrons. The Morgan fingerprint density at radius 2 is 1.00 bits per heavy atom. The van der Waals surface area contributed by atoms with Gasteiger partial charge >= 0.3 is 5.97 Å². The number of nitrogens with one attached hydrogen (secondary N) is 1. The lowest BCUT2D eigenvalue weighted by Crippen LogP contribution is -2.21. The van der Waals surface area contributed by atoms with E-state index in [1.165, 1.54) is 57.8 Å². The number of aliphatic carboxylic acids is 1. The first kappa shape index (κ1) is 25.6. The van der Waals surface area contributed by atoms with Crippen LogP contribution in [0.1, 0.15) is 116 Å². The molecule has 0 fully saturated rings. The van der Waals surface area contributed by atoms with Gasteiger partial charge in [-0.15, -0.1) is 0 Å². The van der Waals surface area contributed by atoms with Crippen molar-refractivity contribution in [2.75, 3.05) is 6.54 Å². The van der Waals surface area contributed by atoms with Crippen molar-refractivity contribution in [3.05, 3.63) is 0 Å². The molecular formula is C22H41NO4. The molecule has 0 aromatic rings. The Balaban J connectivity index is 3.16. The number of Topliss-reactive ketones (excluding diaryl/α,β-unsaturated/α-hetero) is 1. The van der Waals surface area contributed by atoms with Crippen molar-refractivity contribution in [2.24, 2.45) is 0 Å². The third kappa shape index (κ3) is 20.8. The van der Waals surface area contributed by atoms with Gasteiger partial charge in [0.1, 0.15) is 5.78 Å². The summed E-state index contributed by atoms with van der Waals surface area (Å²) in [4.78, 5) is 33.1. The largest absolute Gasteiger partial charge is 0.481 e. The molecule has 0 aliphatic carbocycles. The Bertz CT molecular complexity index is 396. The number of carbonyl (C=O) groups is 3. The molecule has 0 rings (SSSR count). The van der Waals surface area contributed by atoms with Crippen molar-refractivity contribution in [1.29, 1.82) is 0 Å². The van der Waals surface area contributed by atoms with Crippen LogP contribution in [0.2, 0.25) is 0 Å². The molecule has 0 heterocycles. The van der Waals surface area contributed by atoms with Crippen molar-refractivity contribution in [3.8, 4) is 0 Å². The van der Waals surface area contributed by atoms with Gasteiger partial charge in [0.15, 0.2) is 0 Å². The van der Waals surface area contributed by atoms with Crippen LogP contribution in [0, 0.1) is 0 Å². The number of carboxylic acids is 1. The molecule has 0 unspecified atom stereocenters. The van der Waals surface area contributed by atoms with E-state index in [4.69, 9.17) is 5.11 Å². The van der Waals surface area contributed by atoms with Gasteiger partial charge in [0.05, 0.1) is 6.42 Å². The van der Waals surface area contributed by atoms with Crippen LogP contribution in [0.4, 0.5) is 0 Å². The van der Waals surface area contributed by atoms with E-state index in [1.807, 2.05) is 6.92 Å². The number of unbranched alkanes of at least 4 members (excludes halogenated alkanes) is 12. The fraction of sp³-hybridized carbons (Fsp3) is 0.864. The zero-order valence-corrected chi connectivity index (χ0v) is 17.4. The number of amides is 1. The van der Waals surface area contributed by atoms with Crippen LogP contribution in [-0.4, -0.2) is 29.3 Å². The highest BCUT2D eigenvalue weighted by atomic mass is 16.4. The summed E-state index contributed by atoms with van der Waals surface area (Å²) in [6.07, 6.45) is 17.0. The predicted octanol–water partition coefficient (Wildman–Crippen LogP) is 5.41. The van der Waals surface area contributed by atoms with Gasteiger partial charge in [0.25, 0.3) is 0 Å². The van der Waals surface area contributed by atoms with Crippen molar-refractivity contribution in [1.82, 2.24) is 5.32 Å². The second-order valence-electron chi connectivity index (χ2n) is 7.48. The molecule has 0 bridgehead atoms. The third-order valence-corrected chi connectivity index (χ3v) is 4.85. The van der Waals surface area contributed by atoms with Crippen LogP contribution in [0.15, 0.2) is 0 Å². The Labute approximate surface area is 165 Å². The molecule has 1 amide bonds. The van der Waals surface area contributed by atoms with Crippen LogP contribution >= 0.6 is 0 Å². The minimum Gasteiger partial charge on any atom is -0.481 e. The summed E-state index contributed by atoms with van der Waals surface area (Å²) in [7, 11) is 0. The Morgan fingerprint density at radius 1 is 0.593 bits per heavy atom. The summed E-state index contributed by atoms with van der Waals surface area (Å²) in [5.41, 5.74) is 0. The summed E-state index contributed by atoms with van der Waals surface area (Å²) < 4.78 is 0. The van der Waals surface area contributed by atoms with Crippen molar-refractivity contribution >= 4 is 17.7 Å². The highest BCUT2D eigenvalue weighted by Crippen LogP contribution is 2.13. The van der Waals surface area contributed by atoms with Crippen LogP contribution < -0.4 is 5.32 Å². The summed E-state index contributed by atoms with van der Waals surface area (Å²) in [6.45, 7) is 2.68. The summed E-state index contributed by atoms with van der Waals surface area (Å²) >= 11 is 0. The predicted molar refractivity (Wildman–Crippen MR) is 110 cm³/mol. The molecule has 0 aromatic carbocycles. The Kier molecular flexibility index (Phi) is 18.4. The van der Waals surface area contributed by atoms with Gasteiger partial charge in [-0.2, -0.15) is 0 Å². The van der Waals surface area contributed by atoms with E-state index in [9.17, 15) is 14.4 Å². The van der Waals surface area contributed by atoms with Crippen LogP contribution in [-0.2, 0) is 14.4 Å². The average Bonchev–Trinajstić information content (AvgIpc) is 2.63. The highest BCUT2D eigenvalue weighted by Gasteiger charge is 2.05. The second-order valence-corrected chi connectivity index (χ2v) is 7.48. The van der Waals surface area contributed by atoms with Gasteiger partial charge in [0, 0.05) is 25.8 Å². The molecule has 0 saturated carbocycles. The lowest BCUT2D eigenvalue weighted by Gasteiger charge is -2.04. The van der Waals surface area contributed by atoms with Gasteiger partial charge in [-0.1, -0.05) is 70.6 Å². The molecule has 27 heavy (non-hydrogen) atoms. The molecule has 0 aromatic heterocycles. The standard InChI is InChI=1S/C22H41NO4/c1-2-23-21(25)17-15-13-11-9-7-5-3-4-6-8-10-12-14-16-20(24)18-19-22(26)27/h2-19H2,1H3,(H,23,25)(H,26,27). The van der Waals surface area contributed by atoms with Gasteiger partial charge in [0.2, 0.25) is 5.91 Å². The lowest BCUT2D eigenvalue weighted by atomic mass is 10.0. The van der Waals surface area contributed by atoms with E-state index >= 15 is 0 Å². The van der Waals surface area contributed by atoms with Crippen LogP contribution in [0.25, 0.3) is 0 Å². The van der Waals surface area contributed by atoms with Crippen molar-refractivity contribution in [2.45, 2.75) is 116 Å². The Morgan fingerprint density at radius 3 is 1.41 bits per heavy atom. The number of ketones is 1. The molecule has 5 heteroatoms. The quantitative estimate of drug-likeness (QED) is 0.275. The maximum Gasteiger partial charge on any atom is 0.303 e. The topological polar surface area (TPSA) is 83.5 Å². The van der Waals surface area contributed by atoms with Gasteiger partial charge in [-0.3, -0.25) is 14.4 Å². The minimum absolute atomic E-state index is 0.0328. The number of carboxylic acid groups (broad SMARTS) is 1. The van der Waals surface area contributed by atoms with E-state index in [2.05, 4.69) is 5.32 Å². The van der Waals surface area contributed by atoms with Crippen LogP contribution in [0.5, 0.6) is 0 Å². The van der Waals surface area contributed by atoms with E-state index in [-0.39, 0.29) is 24.5 Å². The van der Waals surface area contributed by atoms with E-state index < -0.39 is 5.97 Å². The first-order chi connectivity index (χ1) is 13.1. The summed E-state index contributed by atoms with van der Waals surface area (Å²) in [5, 5.41) is 11.4. The zero-order valence-electron chi connectivity index (χ0n) is 17.4. The molecule has 0 saturated heterocycles. The smallest absolute Gasteiger partial charge is 0.303 e. The maximum absolute atomic E-state index is 11.4. The van der Waals surface area contributed by atoms with Gasteiger partial charge in [-0.05, 0) is 19.8 Å². The molecule has 5 nitrogen and oxygen atoms in total. The fourth-order valence-corrected chi connectivity index (χ4v) is 3.21. The number of carbonyl (C=O) groups excluding carboxylic acids is 2. The summed E-state index contributed by atoms with van der Waals surface area (Å²) in [5.74, 6) is -0.622. The maximum atomic E-state index is 11.4. The molecule has 0 aliphatic rings. The summed E-state index contributed by atoms with van der Waals surface area (Å²) in [6, 6.07) is 0. The van der Waals surface area contributed by atoms with Crippen molar-refractivity contribution in [3.63, 3.8) is 0 Å². The second kappa shape index (κ2) is 19.4.